The number of anilines is 1. The Kier molecular flexibility index (Phi) is 3.72. The van der Waals surface area contributed by atoms with Crippen molar-refractivity contribution in [2.45, 2.75) is 44.0 Å². The van der Waals surface area contributed by atoms with Gasteiger partial charge in [-0.3, -0.25) is 0 Å². The number of alkyl halides is 3. The van der Waals surface area contributed by atoms with Gasteiger partial charge in [-0.15, -0.1) is 0 Å². The van der Waals surface area contributed by atoms with Crippen LogP contribution in [-0.4, -0.2) is 23.7 Å². The molecule has 1 aliphatic carbocycles. The van der Waals surface area contributed by atoms with Gasteiger partial charge in [0.1, 0.15) is 0 Å². The summed E-state index contributed by atoms with van der Waals surface area (Å²) in [5, 5.41) is 4.08. The standard InChI is InChI=1S/C16H17F3N2OS/c17-16(18,19)10-3-4-14-12(7-10)21-15(23-14)20-11-5-6-22-13(8-11)9-1-2-9/h3-4,7,9,11,13H,1-2,5-6,8H2,(H,20,21). The zero-order chi connectivity index (χ0) is 16.0. The first kappa shape index (κ1) is 15.2. The first-order chi connectivity index (χ1) is 11.0. The van der Waals surface area contributed by atoms with Gasteiger partial charge in [-0.2, -0.15) is 13.2 Å². The van der Waals surface area contributed by atoms with Crippen LogP contribution in [0.1, 0.15) is 31.2 Å². The van der Waals surface area contributed by atoms with Crippen LogP contribution in [0.3, 0.4) is 0 Å². The van der Waals surface area contributed by atoms with Gasteiger partial charge in [0.15, 0.2) is 5.13 Å². The minimum absolute atomic E-state index is 0.289. The second kappa shape index (κ2) is 5.63. The van der Waals surface area contributed by atoms with E-state index < -0.39 is 11.7 Å². The van der Waals surface area contributed by atoms with Gasteiger partial charge in [-0.25, -0.2) is 4.98 Å². The second-order valence-electron chi connectivity index (χ2n) is 6.31. The molecule has 1 aliphatic heterocycles. The molecule has 0 amide bonds. The topological polar surface area (TPSA) is 34.1 Å². The molecule has 4 rings (SSSR count). The van der Waals surface area contributed by atoms with Crippen molar-refractivity contribution >= 4 is 26.7 Å². The predicted molar refractivity (Wildman–Crippen MR) is 83.7 cm³/mol. The van der Waals surface area contributed by atoms with Crippen molar-refractivity contribution in [3.8, 4) is 0 Å². The Morgan fingerprint density at radius 1 is 1.22 bits per heavy atom. The van der Waals surface area contributed by atoms with Gasteiger partial charge < -0.3 is 10.1 Å². The van der Waals surface area contributed by atoms with Gasteiger partial charge in [0.2, 0.25) is 0 Å². The molecule has 1 N–H and O–H groups in total. The minimum Gasteiger partial charge on any atom is -0.378 e. The lowest BCUT2D eigenvalue weighted by Crippen LogP contribution is -2.35. The maximum absolute atomic E-state index is 12.8. The van der Waals surface area contributed by atoms with Crippen molar-refractivity contribution in [1.29, 1.82) is 0 Å². The molecule has 0 bridgehead atoms. The molecule has 0 spiro atoms. The molecule has 2 aromatic rings. The van der Waals surface area contributed by atoms with E-state index in [1.807, 2.05) is 0 Å². The number of rotatable bonds is 3. The van der Waals surface area contributed by atoms with Crippen LogP contribution in [-0.2, 0) is 10.9 Å². The smallest absolute Gasteiger partial charge is 0.378 e. The van der Waals surface area contributed by atoms with Crippen molar-refractivity contribution < 1.29 is 17.9 Å². The molecule has 1 saturated heterocycles. The monoisotopic (exact) mass is 342 g/mol. The lowest BCUT2D eigenvalue weighted by atomic mass is 10.0. The summed E-state index contributed by atoms with van der Waals surface area (Å²) >= 11 is 1.41. The van der Waals surface area contributed by atoms with E-state index in [-0.39, 0.29) is 6.04 Å². The molecule has 7 heteroatoms. The van der Waals surface area contributed by atoms with Crippen LogP contribution in [0.15, 0.2) is 18.2 Å². The number of fused-ring (bicyclic) bond motifs is 1. The lowest BCUT2D eigenvalue weighted by Gasteiger charge is -2.30. The highest BCUT2D eigenvalue weighted by Gasteiger charge is 2.36. The zero-order valence-corrected chi connectivity index (χ0v) is 13.2. The highest BCUT2D eigenvalue weighted by Crippen LogP contribution is 2.39. The highest BCUT2D eigenvalue weighted by atomic mass is 32.1. The molecule has 124 valence electrons. The average molecular weight is 342 g/mol. The molecule has 1 saturated carbocycles. The number of ether oxygens (including phenoxy) is 1. The van der Waals surface area contributed by atoms with Crippen LogP contribution in [0.4, 0.5) is 18.3 Å². The van der Waals surface area contributed by atoms with E-state index in [9.17, 15) is 13.2 Å². The van der Waals surface area contributed by atoms with Crippen molar-refractivity contribution in [3.05, 3.63) is 23.8 Å². The molecule has 2 fully saturated rings. The molecule has 2 unspecified atom stereocenters. The number of benzene rings is 1. The minimum atomic E-state index is -4.33. The molecule has 1 aromatic heterocycles. The van der Waals surface area contributed by atoms with Crippen LogP contribution < -0.4 is 5.32 Å². The Hall–Kier alpha value is -1.34. The number of halogens is 3. The number of aromatic nitrogens is 1. The highest BCUT2D eigenvalue weighted by molar-refractivity contribution is 7.22. The van der Waals surface area contributed by atoms with Crippen molar-refractivity contribution in [2.75, 3.05) is 11.9 Å². The third-order valence-corrected chi connectivity index (χ3v) is 5.47. The second-order valence-corrected chi connectivity index (χ2v) is 7.34. The SMILES string of the molecule is FC(F)(F)c1ccc2sc(NC3CCOC(C4CC4)C3)nc2c1. The number of nitrogens with zero attached hydrogens (tertiary/aromatic N) is 1. The molecule has 2 aliphatic rings. The van der Waals surface area contributed by atoms with E-state index in [1.165, 1.54) is 30.2 Å². The van der Waals surface area contributed by atoms with E-state index in [4.69, 9.17) is 4.74 Å². The van der Waals surface area contributed by atoms with Crippen molar-refractivity contribution in [1.82, 2.24) is 4.98 Å². The normalized spacial score (nSPS) is 25.7. The Bertz CT molecular complexity index is 711. The fourth-order valence-corrected chi connectivity index (χ4v) is 4.02. The van der Waals surface area contributed by atoms with E-state index in [1.54, 1.807) is 0 Å². The van der Waals surface area contributed by atoms with E-state index in [0.29, 0.717) is 22.7 Å². The summed E-state index contributed by atoms with van der Waals surface area (Å²) in [7, 11) is 0. The molecule has 1 aromatic carbocycles. The van der Waals surface area contributed by atoms with Crippen molar-refractivity contribution in [3.63, 3.8) is 0 Å². The van der Waals surface area contributed by atoms with Crippen LogP contribution >= 0.6 is 11.3 Å². The number of thiazole rings is 1. The summed E-state index contributed by atoms with van der Waals surface area (Å²) in [6.45, 7) is 0.738. The maximum Gasteiger partial charge on any atom is 0.416 e. The van der Waals surface area contributed by atoms with Crippen LogP contribution in [0.2, 0.25) is 0 Å². The van der Waals surface area contributed by atoms with Crippen LogP contribution in [0, 0.1) is 5.92 Å². The summed E-state index contributed by atoms with van der Waals surface area (Å²) in [6.07, 6.45) is 0.357. The fourth-order valence-electron chi connectivity index (χ4n) is 3.10. The zero-order valence-electron chi connectivity index (χ0n) is 12.4. The van der Waals surface area contributed by atoms with Gasteiger partial charge in [0.05, 0.1) is 21.9 Å². The summed E-state index contributed by atoms with van der Waals surface area (Å²) < 4.78 is 44.9. The number of hydrogen-bond donors (Lipinski definition) is 1. The van der Waals surface area contributed by atoms with Gasteiger partial charge in [-0.1, -0.05) is 11.3 Å². The van der Waals surface area contributed by atoms with E-state index in [0.717, 1.165) is 36.3 Å². The molecule has 3 nitrogen and oxygen atoms in total. The summed E-state index contributed by atoms with van der Waals surface area (Å²) in [6, 6.07) is 4.02. The van der Waals surface area contributed by atoms with Gasteiger partial charge >= 0.3 is 6.18 Å². The van der Waals surface area contributed by atoms with Crippen molar-refractivity contribution in [2.24, 2.45) is 5.92 Å². The Balaban J connectivity index is 1.50. The largest absolute Gasteiger partial charge is 0.416 e. The Morgan fingerprint density at radius 2 is 2.04 bits per heavy atom. The molecular weight excluding hydrogens is 325 g/mol. The third kappa shape index (κ3) is 3.30. The van der Waals surface area contributed by atoms with E-state index in [2.05, 4.69) is 10.3 Å². The number of nitrogens with one attached hydrogen (secondary N) is 1. The quantitative estimate of drug-likeness (QED) is 0.879. The summed E-state index contributed by atoms with van der Waals surface area (Å²) in [4.78, 5) is 4.33. The van der Waals surface area contributed by atoms with E-state index >= 15 is 0 Å². The maximum atomic E-state index is 12.8. The molecule has 2 atom stereocenters. The summed E-state index contributed by atoms with van der Waals surface area (Å²) in [5.74, 6) is 0.698. The molecule has 23 heavy (non-hydrogen) atoms. The molecule has 2 heterocycles. The predicted octanol–water partition coefficient (Wildman–Crippen LogP) is 4.68. The molecule has 0 radical (unpaired) electrons. The number of hydrogen-bond acceptors (Lipinski definition) is 4. The Morgan fingerprint density at radius 3 is 2.78 bits per heavy atom. The van der Waals surface area contributed by atoms with Gasteiger partial charge in [0.25, 0.3) is 0 Å². The third-order valence-electron chi connectivity index (χ3n) is 4.51. The molecular formula is C16H17F3N2OS. The summed E-state index contributed by atoms with van der Waals surface area (Å²) in [5.41, 5.74) is -0.250. The first-order valence-electron chi connectivity index (χ1n) is 7.85. The average Bonchev–Trinajstić information content (AvgIpc) is 3.27. The fraction of sp³-hybridized carbons (Fsp3) is 0.562. The van der Waals surface area contributed by atoms with Gasteiger partial charge in [0, 0.05) is 12.6 Å². The van der Waals surface area contributed by atoms with Crippen LogP contribution in [0.5, 0.6) is 0 Å². The lowest BCUT2D eigenvalue weighted by molar-refractivity contribution is -0.137. The van der Waals surface area contributed by atoms with Crippen LogP contribution in [0.25, 0.3) is 10.2 Å². The van der Waals surface area contributed by atoms with Gasteiger partial charge in [-0.05, 0) is 49.8 Å². The first-order valence-corrected chi connectivity index (χ1v) is 8.66. The Labute approximate surface area is 135 Å².